The van der Waals surface area contributed by atoms with Gasteiger partial charge in [-0.1, -0.05) is 6.07 Å². The van der Waals surface area contributed by atoms with E-state index in [0.29, 0.717) is 24.5 Å². The number of nitrogens with one attached hydrogen (secondary N) is 1. The highest BCUT2D eigenvalue weighted by molar-refractivity contribution is 7.09. The SMILES string of the molecule is COc1ccc(Cc2nc(CC(=O)NCc3ccco3)cs2)cc1OC. The van der Waals surface area contributed by atoms with Crippen LogP contribution in [-0.4, -0.2) is 25.1 Å². The smallest absolute Gasteiger partial charge is 0.226 e. The lowest BCUT2D eigenvalue weighted by Gasteiger charge is -2.08. The van der Waals surface area contributed by atoms with Crippen LogP contribution in [0.4, 0.5) is 0 Å². The molecule has 0 aliphatic carbocycles. The second-order valence-corrected chi connectivity index (χ2v) is 6.57. The van der Waals surface area contributed by atoms with Crippen molar-refractivity contribution in [3.8, 4) is 11.5 Å². The maximum atomic E-state index is 12.0. The van der Waals surface area contributed by atoms with Gasteiger partial charge in [-0.2, -0.15) is 0 Å². The van der Waals surface area contributed by atoms with Crippen molar-refractivity contribution in [2.45, 2.75) is 19.4 Å². The Labute approximate surface area is 155 Å². The lowest BCUT2D eigenvalue weighted by Crippen LogP contribution is -2.24. The van der Waals surface area contributed by atoms with Crippen molar-refractivity contribution in [2.24, 2.45) is 0 Å². The van der Waals surface area contributed by atoms with Gasteiger partial charge in [-0.25, -0.2) is 4.98 Å². The molecule has 0 saturated carbocycles. The Morgan fingerprint density at radius 2 is 2.08 bits per heavy atom. The Bertz CT molecular complexity index is 858. The van der Waals surface area contributed by atoms with Gasteiger partial charge >= 0.3 is 0 Å². The van der Waals surface area contributed by atoms with E-state index < -0.39 is 0 Å². The molecule has 0 spiro atoms. The molecule has 0 fully saturated rings. The molecule has 2 heterocycles. The third-order valence-electron chi connectivity index (χ3n) is 3.78. The Hall–Kier alpha value is -2.80. The minimum absolute atomic E-state index is 0.0793. The molecule has 0 bridgehead atoms. The maximum Gasteiger partial charge on any atom is 0.226 e. The summed E-state index contributed by atoms with van der Waals surface area (Å²) in [6, 6.07) is 9.42. The zero-order chi connectivity index (χ0) is 18.4. The first kappa shape index (κ1) is 18.0. The third kappa shape index (κ3) is 4.64. The summed E-state index contributed by atoms with van der Waals surface area (Å²) in [6.45, 7) is 0.383. The predicted molar refractivity (Wildman–Crippen MR) is 98.7 cm³/mol. The molecule has 1 amide bonds. The van der Waals surface area contributed by atoms with Gasteiger partial charge in [-0.15, -0.1) is 11.3 Å². The van der Waals surface area contributed by atoms with Gasteiger partial charge in [0, 0.05) is 11.8 Å². The van der Waals surface area contributed by atoms with Crippen LogP contribution in [0, 0.1) is 0 Å². The molecule has 3 aromatic rings. The second-order valence-electron chi connectivity index (χ2n) is 5.63. The van der Waals surface area contributed by atoms with Crippen LogP contribution in [0.15, 0.2) is 46.4 Å². The zero-order valence-electron chi connectivity index (χ0n) is 14.7. The number of benzene rings is 1. The molecule has 3 rings (SSSR count). The molecule has 0 saturated heterocycles. The van der Waals surface area contributed by atoms with Crippen molar-refractivity contribution >= 4 is 17.2 Å². The molecule has 0 unspecified atom stereocenters. The summed E-state index contributed by atoms with van der Waals surface area (Å²) in [6.07, 6.45) is 2.52. The Morgan fingerprint density at radius 1 is 1.23 bits per heavy atom. The maximum absolute atomic E-state index is 12.0. The average Bonchev–Trinajstić information content (AvgIpc) is 3.32. The third-order valence-corrected chi connectivity index (χ3v) is 4.68. The molecule has 0 radical (unpaired) electrons. The number of aromatic nitrogens is 1. The average molecular weight is 372 g/mol. The predicted octanol–water partition coefficient (Wildman–Crippen LogP) is 3.20. The number of rotatable bonds is 8. The van der Waals surface area contributed by atoms with Gasteiger partial charge in [0.2, 0.25) is 5.91 Å². The minimum Gasteiger partial charge on any atom is -0.493 e. The number of carbonyl (C=O) groups excluding carboxylic acids is 1. The summed E-state index contributed by atoms with van der Waals surface area (Å²) in [7, 11) is 3.23. The molecule has 7 heteroatoms. The van der Waals surface area contributed by atoms with Crippen LogP contribution >= 0.6 is 11.3 Å². The van der Waals surface area contributed by atoms with E-state index >= 15 is 0 Å². The van der Waals surface area contributed by atoms with E-state index in [0.717, 1.165) is 22.0 Å². The quantitative estimate of drug-likeness (QED) is 0.657. The molecule has 1 N–H and O–H groups in total. The summed E-state index contributed by atoms with van der Waals surface area (Å²) >= 11 is 1.54. The standard InChI is InChI=1S/C19H20N2O4S/c1-23-16-6-5-13(8-17(16)24-2)9-19-21-14(12-26-19)10-18(22)20-11-15-4-3-7-25-15/h3-8,12H,9-11H2,1-2H3,(H,20,22). The number of hydrogen-bond acceptors (Lipinski definition) is 6. The van der Waals surface area contributed by atoms with Crippen molar-refractivity contribution in [1.82, 2.24) is 10.3 Å². The van der Waals surface area contributed by atoms with Gasteiger partial charge in [-0.3, -0.25) is 4.79 Å². The number of methoxy groups -OCH3 is 2. The number of carbonyl (C=O) groups is 1. The van der Waals surface area contributed by atoms with Gasteiger partial charge in [0.1, 0.15) is 5.76 Å². The van der Waals surface area contributed by atoms with Crippen molar-refractivity contribution in [1.29, 1.82) is 0 Å². The molecular formula is C19H20N2O4S. The van der Waals surface area contributed by atoms with Crippen LogP contribution < -0.4 is 14.8 Å². The lowest BCUT2D eigenvalue weighted by atomic mass is 10.1. The fraction of sp³-hybridized carbons (Fsp3) is 0.263. The molecule has 2 aromatic heterocycles. The summed E-state index contributed by atoms with van der Waals surface area (Å²) < 4.78 is 15.8. The summed E-state index contributed by atoms with van der Waals surface area (Å²) in [4.78, 5) is 16.6. The van der Waals surface area contributed by atoms with Crippen molar-refractivity contribution in [2.75, 3.05) is 14.2 Å². The largest absolute Gasteiger partial charge is 0.493 e. The minimum atomic E-state index is -0.0793. The topological polar surface area (TPSA) is 73.6 Å². The van der Waals surface area contributed by atoms with Crippen molar-refractivity contribution in [3.63, 3.8) is 0 Å². The number of amides is 1. The molecular weight excluding hydrogens is 352 g/mol. The van der Waals surface area contributed by atoms with Crippen LogP contribution in [0.1, 0.15) is 22.0 Å². The highest BCUT2D eigenvalue weighted by atomic mass is 32.1. The van der Waals surface area contributed by atoms with Gasteiger partial charge < -0.3 is 19.2 Å². The van der Waals surface area contributed by atoms with E-state index in [1.807, 2.05) is 29.6 Å². The van der Waals surface area contributed by atoms with Gasteiger partial charge in [-0.05, 0) is 29.8 Å². The molecule has 6 nitrogen and oxygen atoms in total. The van der Waals surface area contributed by atoms with Crippen molar-refractivity contribution in [3.05, 3.63) is 64.0 Å². The number of thiazole rings is 1. The first-order valence-corrected chi connectivity index (χ1v) is 8.99. The zero-order valence-corrected chi connectivity index (χ0v) is 15.5. The summed E-state index contributed by atoms with van der Waals surface area (Å²) in [5.74, 6) is 2.04. The highest BCUT2D eigenvalue weighted by Gasteiger charge is 2.10. The fourth-order valence-electron chi connectivity index (χ4n) is 2.50. The summed E-state index contributed by atoms with van der Waals surface area (Å²) in [5, 5.41) is 5.69. The monoisotopic (exact) mass is 372 g/mol. The van der Waals surface area contributed by atoms with Gasteiger partial charge in [0.15, 0.2) is 11.5 Å². The summed E-state index contributed by atoms with van der Waals surface area (Å²) in [5.41, 5.74) is 1.84. The Kier molecular flexibility index (Phi) is 5.91. The number of ether oxygens (including phenoxy) is 2. The second kappa shape index (κ2) is 8.53. The van der Waals surface area contributed by atoms with E-state index in [2.05, 4.69) is 10.3 Å². The van der Waals surface area contributed by atoms with Crippen LogP contribution in [0.2, 0.25) is 0 Å². The normalized spacial score (nSPS) is 10.5. The van der Waals surface area contributed by atoms with E-state index in [1.54, 1.807) is 37.9 Å². The Balaban J connectivity index is 1.56. The molecule has 26 heavy (non-hydrogen) atoms. The first-order chi connectivity index (χ1) is 12.7. The van der Waals surface area contributed by atoms with Crippen molar-refractivity contribution < 1.29 is 18.7 Å². The number of nitrogens with zero attached hydrogens (tertiary/aromatic N) is 1. The molecule has 0 atom stereocenters. The van der Waals surface area contributed by atoms with E-state index in [-0.39, 0.29) is 12.3 Å². The molecule has 0 aliphatic heterocycles. The van der Waals surface area contributed by atoms with E-state index in [9.17, 15) is 4.79 Å². The molecule has 0 aliphatic rings. The van der Waals surface area contributed by atoms with Crippen LogP contribution in [-0.2, 0) is 24.2 Å². The number of furan rings is 1. The van der Waals surface area contributed by atoms with Crippen LogP contribution in [0.5, 0.6) is 11.5 Å². The van der Waals surface area contributed by atoms with Gasteiger partial charge in [0.25, 0.3) is 0 Å². The lowest BCUT2D eigenvalue weighted by molar-refractivity contribution is -0.120. The van der Waals surface area contributed by atoms with E-state index in [1.165, 1.54) is 0 Å². The first-order valence-electron chi connectivity index (χ1n) is 8.11. The van der Waals surface area contributed by atoms with E-state index in [4.69, 9.17) is 13.9 Å². The van der Waals surface area contributed by atoms with Crippen LogP contribution in [0.3, 0.4) is 0 Å². The molecule has 1 aromatic carbocycles. The number of hydrogen-bond donors (Lipinski definition) is 1. The van der Waals surface area contributed by atoms with Crippen LogP contribution in [0.25, 0.3) is 0 Å². The molecule has 136 valence electrons. The Morgan fingerprint density at radius 3 is 2.81 bits per heavy atom. The fourth-order valence-corrected chi connectivity index (χ4v) is 3.33. The van der Waals surface area contributed by atoms with Gasteiger partial charge in [0.05, 0.1) is 44.1 Å². The highest BCUT2D eigenvalue weighted by Crippen LogP contribution is 2.28.